The van der Waals surface area contributed by atoms with Crippen LogP contribution >= 0.6 is 0 Å². The molecule has 1 aliphatic rings. The Kier molecular flexibility index (Phi) is 13.1. The van der Waals surface area contributed by atoms with Gasteiger partial charge in [0.1, 0.15) is 22.1 Å². The number of rotatable bonds is 12. The molecule has 7 heteroatoms. The molecule has 7 nitrogen and oxygen atoms in total. The van der Waals surface area contributed by atoms with Crippen molar-refractivity contribution >= 4 is 77.7 Å². The molecule has 2 aromatic heterocycles. The van der Waals surface area contributed by atoms with E-state index in [9.17, 15) is 0 Å². The zero-order valence-electron chi connectivity index (χ0n) is 46.8. The standard InChI is InChI=1S/C74H53N7.C2H6/c1-48(2)47-79-77-73-66(53-34-30-49(31-35-53)51-38-42-61(43-39-51)80(57-20-7-3-8-21-57)58-22-9-4-10-23-58)70-71(76-72-68-63-28-16-15-18-55(63)46-56-19-17-29-64(65(56)68)69(72)75-70)67(74(73)78-79)54-36-32-50(33-37-54)52-40-44-62(45-41-52)81(59-24-11-5-12-25-59)60-26-13-6-14-27-60;1-2/h3-46,48H,47H2,1-2H3;1-2H3. The van der Waals surface area contributed by atoms with Gasteiger partial charge in [-0.2, -0.15) is 15.0 Å². The van der Waals surface area contributed by atoms with E-state index in [1.54, 1.807) is 0 Å². The number of benzene rings is 12. The van der Waals surface area contributed by atoms with Gasteiger partial charge in [-0.25, -0.2) is 9.97 Å². The highest BCUT2D eigenvalue weighted by molar-refractivity contribution is 6.25. The van der Waals surface area contributed by atoms with Gasteiger partial charge < -0.3 is 9.80 Å². The highest BCUT2D eigenvalue weighted by Crippen LogP contribution is 2.52. The first-order valence-electron chi connectivity index (χ1n) is 28.8. The van der Waals surface area contributed by atoms with E-state index in [4.69, 9.17) is 20.2 Å². The maximum atomic E-state index is 5.87. The molecule has 0 amide bonds. The Hall–Kier alpha value is -10.5. The highest BCUT2D eigenvalue weighted by atomic mass is 15.5. The van der Waals surface area contributed by atoms with Crippen LogP contribution in [0.15, 0.2) is 267 Å². The number of fused-ring (bicyclic) bond motifs is 7. The van der Waals surface area contributed by atoms with Crippen LogP contribution < -0.4 is 9.80 Å². The lowest BCUT2D eigenvalue weighted by Crippen LogP contribution is -2.09. The molecule has 0 bridgehead atoms. The maximum absolute atomic E-state index is 5.87. The summed E-state index contributed by atoms with van der Waals surface area (Å²) in [5.74, 6) is 0.315. The van der Waals surface area contributed by atoms with Gasteiger partial charge in [-0.05, 0) is 134 Å². The summed E-state index contributed by atoms with van der Waals surface area (Å²) in [7, 11) is 0. The van der Waals surface area contributed by atoms with E-state index in [1.807, 2.05) is 18.6 Å². The lowest BCUT2D eigenvalue weighted by Gasteiger charge is -2.25. The maximum Gasteiger partial charge on any atom is 0.124 e. The summed E-state index contributed by atoms with van der Waals surface area (Å²) in [5.41, 5.74) is 22.1. The van der Waals surface area contributed by atoms with E-state index in [0.717, 1.165) is 129 Å². The van der Waals surface area contributed by atoms with Crippen molar-refractivity contribution in [1.82, 2.24) is 25.0 Å². The van der Waals surface area contributed by atoms with Crippen LogP contribution in [0, 0.1) is 5.92 Å². The van der Waals surface area contributed by atoms with E-state index in [1.165, 1.54) is 16.2 Å². The number of nitrogens with zero attached hydrogens (tertiary/aromatic N) is 7. The third-order valence-corrected chi connectivity index (χ3v) is 15.7. The van der Waals surface area contributed by atoms with Crippen LogP contribution in [0.3, 0.4) is 0 Å². The van der Waals surface area contributed by atoms with Crippen molar-refractivity contribution in [3.8, 4) is 67.0 Å². The van der Waals surface area contributed by atoms with Crippen molar-refractivity contribution in [3.63, 3.8) is 0 Å². The summed E-state index contributed by atoms with van der Waals surface area (Å²) in [6.45, 7) is 9.08. The first-order chi connectivity index (χ1) is 41.0. The Morgan fingerprint density at radius 3 is 1.13 bits per heavy atom. The van der Waals surface area contributed by atoms with E-state index in [-0.39, 0.29) is 0 Å². The third kappa shape index (κ3) is 9.13. The molecule has 0 saturated heterocycles. The molecule has 12 aromatic carbocycles. The molecule has 0 N–H and O–H groups in total. The second kappa shape index (κ2) is 21.5. The molecule has 1 aliphatic carbocycles. The second-order valence-corrected chi connectivity index (χ2v) is 21.4. The van der Waals surface area contributed by atoms with Crippen LogP contribution in [0.2, 0.25) is 0 Å². The van der Waals surface area contributed by atoms with Crippen molar-refractivity contribution in [1.29, 1.82) is 0 Å². The monoisotopic (exact) mass is 1070 g/mol. The Morgan fingerprint density at radius 1 is 0.337 bits per heavy atom. The zero-order valence-corrected chi connectivity index (χ0v) is 46.8. The molecule has 0 spiro atoms. The number of hydrogen-bond donors (Lipinski definition) is 0. The van der Waals surface area contributed by atoms with Gasteiger partial charge in [0.05, 0.1) is 17.9 Å². The van der Waals surface area contributed by atoms with E-state index < -0.39 is 0 Å². The molecule has 0 unspecified atom stereocenters. The van der Waals surface area contributed by atoms with Gasteiger partial charge in [0.25, 0.3) is 0 Å². The molecule has 0 saturated carbocycles. The quantitative estimate of drug-likeness (QED) is 0.114. The number of anilines is 6. The molecular formula is C76H59N7. The van der Waals surface area contributed by atoms with Crippen molar-refractivity contribution in [2.24, 2.45) is 5.92 Å². The van der Waals surface area contributed by atoms with Crippen molar-refractivity contribution in [2.75, 3.05) is 9.80 Å². The number of aromatic nitrogens is 5. The lowest BCUT2D eigenvalue weighted by atomic mass is 9.92. The predicted octanol–water partition coefficient (Wildman–Crippen LogP) is 20.6. The summed E-state index contributed by atoms with van der Waals surface area (Å²) in [6.07, 6.45) is 0. The number of hydrogen-bond acceptors (Lipinski definition) is 6. The van der Waals surface area contributed by atoms with Gasteiger partial charge in [0.15, 0.2) is 0 Å². The first-order valence-corrected chi connectivity index (χ1v) is 28.8. The molecule has 83 heavy (non-hydrogen) atoms. The third-order valence-electron chi connectivity index (χ3n) is 15.7. The van der Waals surface area contributed by atoms with Crippen LogP contribution in [-0.2, 0) is 6.54 Å². The summed E-state index contributed by atoms with van der Waals surface area (Å²) in [5, 5.41) is 15.5. The smallest absolute Gasteiger partial charge is 0.124 e. The Morgan fingerprint density at radius 2 is 0.699 bits per heavy atom. The van der Waals surface area contributed by atoms with Crippen LogP contribution in [0.25, 0.3) is 111 Å². The Bertz CT molecular complexity index is 4560. The molecule has 15 rings (SSSR count). The van der Waals surface area contributed by atoms with Crippen molar-refractivity contribution in [3.05, 3.63) is 267 Å². The van der Waals surface area contributed by atoms with E-state index in [2.05, 4.69) is 291 Å². The summed E-state index contributed by atoms with van der Waals surface area (Å²) in [6, 6.07) is 95.1. The molecule has 14 aromatic rings. The fraction of sp³-hybridized carbons (Fsp3) is 0.0789. The second-order valence-electron chi connectivity index (χ2n) is 21.4. The molecular weight excluding hydrogens is 1010 g/mol. The van der Waals surface area contributed by atoms with Crippen molar-refractivity contribution < 1.29 is 0 Å². The highest BCUT2D eigenvalue weighted by Gasteiger charge is 2.31. The van der Waals surface area contributed by atoms with E-state index in [0.29, 0.717) is 12.5 Å². The fourth-order valence-corrected chi connectivity index (χ4v) is 12.0. The molecule has 0 radical (unpaired) electrons. The Balaban J connectivity index is 0.00000304. The lowest BCUT2D eigenvalue weighted by molar-refractivity contribution is 0.442. The normalized spacial score (nSPS) is 11.5. The van der Waals surface area contributed by atoms with Gasteiger partial charge in [0, 0.05) is 61.8 Å². The van der Waals surface area contributed by atoms with E-state index >= 15 is 0 Å². The average molecular weight is 1070 g/mol. The molecule has 0 atom stereocenters. The predicted molar refractivity (Wildman–Crippen MR) is 347 cm³/mol. The summed E-state index contributed by atoms with van der Waals surface area (Å²) >= 11 is 0. The molecule has 0 fully saturated rings. The van der Waals surface area contributed by atoms with Gasteiger partial charge in [-0.3, -0.25) is 0 Å². The number of para-hydroxylation sites is 4. The minimum Gasteiger partial charge on any atom is -0.311 e. The van der Waals surface area contributed by atoms with Crippen LogP contribution in [0.1, 0.15) is 27.7 Å². The van der Waals surface area contributed by atoms with Crippen LogP contribution in [0.5, 0.6) is 0 Å². The summed E-state index contributed by atoms with van der Waals surface area (Å²) < 4.78 is 0. The van der Waals surface area contributed by atoms with Gasteiger partial charge in [-0.15, -0.1) is 0 Å². The van der Waals surface area contributed by atoms with Gasteiger partial charge >= 0.3 is 0 Å². The average Bonchev–Trinajstić information content (AvgIpc) is 2.09. The first kappa shape index (κ1) is 50.7. The minimum atomic E-state index is 0.315. The SMILES string of the molecule is CC.CC(C)Cn1nc2c(-c3ccc(-c4ccc(N(c5ccccc5)c5ccccc5)cc4)cc3)c3nc4c(nc3c(-c3ccc(-c5ccc(N(c6ccccc6)c6ccccc6)cc5)cc3)c2n1)-c1c2ccccc2cc2cccc-4c12. The largest absolute Gasteiger partial charge is 0.311 e. The summed E-state index contributed by atoms with van der Waals surface area (Å²) in [4.78, 5) is 18.2. The molecule has 0 aliphatic heterocycles. The molecule has 398 valence electrons. The van der Waals surface area contributed by atoms with Gasteiger partial charge in [-0.1, -0.05) is 216 Å². The van der Waals surface area contributed by atoms with Gasteiger partial charge in [0.2, 0.25) is 0 Å². The van der Waals surface area contributed by atoms with Crippen LogP contribution in [-0.4, -0.2) is 25.0 Å². The van der Waals surface area contributed by atoms with Crippen LogP contribution in [0.4, 0.5) is 34.1 Å². The minimum absolute atomic E-state index is 0.315. The fourth-order valence-electron chi connectivity index (χ4n) is 12.0. The molecule has 2 heterocycles. The topological polar surface area (TPSA) is 63.0 Å². The van der Waals surface area contributed by atoms with Crippen molar-refractivity contribution in [2.45, 2.75) is 34.2 Å². The Labute approximate surface area is 484 Å². The zero-order chi connectivity index (χ0) is 56.0.